The largest absolute Gasteiger partial charge is 0.420 e. The Kier molecular flexibility index (Phi) is 12.4. The maximum atomic E-state index is 7.89. The van der Waals surface area contributed by atoms with Gasteiger partial charge < -0.3 is 13.6 Å². The number of thiazole rings is 5. The van der Waals surface area contributed by atoms with Crippen molar-refractivity contribution in [3.05, 3.63) is 241 Å². The number of nitrogens with zero attached hydrogens (tertiary/aromatic N) is 18. The SMILES string of the molecule is Cn1c2ncccc2c2c1sc1[n+]2Cc2cccnc2-1.[2H]C([2H])([2H])n1c2ncccc2c2c1sc1[n+]2Cc2cccnc2-1.c1ccc(-n2c3ncccc3c3c2sc2[n+]3Cc3cccnc3-2)cc1.c1cnc2c(c1)C[n+]1c-2sc2oc3ncccc3c21.c1cnc2c(c1)C[n+]1c-2sc2sc3ncccc3c21. The molecule has 0 unspecified atom stereocenters. The van der Waals surface area contributed by atoms with Crippen LogP contribution in [-0.4, -0.2) is 63.5 Å². The van der Waals surface area contributed by atoms with Crippen LogP contribution in [0.5, 0.6) is 0 Å². The van der Waals surface area contributed by atoms with Gasteiger partial charge in [0.15, 0.2) is 85.3 Å². The molecule has 5 aliphatic heterocycles. The van der Waals surface area contributed by atoms with Crippen molar-refractivity contribution in [1.29, 1.82) is 0 Å². The molecule has 1 aromatic carbocycles. The zero-order valence-electron chi connectivity index (χ0n) is 57.2. The first-order valence-corrected chi connectivity index (χ1v) is 38.1. The van der Waals surface area contributed by atoms with Crippen molar-refractivity contribution in [3.8, 4) is 59.2 Å². The van der Waals surface area contributed by atoms with Crippen molar-refractivity contribution in [3.63, 3.8) is 0 Å². The summed E-state index contributed by atoms with van der Waals surface area (Å²) in [5, 5.41) is 11.6. The van der Waals surface area contributed by atoms with E-state index in [1.54, 1.807) is 63.9 Å². The normalized spacial score (nSPS) is 13.5. The molecule has 0 saturated heterocycles. The highest BCUT2D eigenvalue weighted by atomic mass is 32.2. The summed E-state index contributed by atoms with van der Waals surface area (Å²) in [6.07, 6.45) is 18.2. The quantitative estimate of drug-likeness (QED) is 0.143. The summed E-state index contributed by atoms with van der Waals surface area (Å²) in [7, 11) is 2.09. The molecule has 25 heteroatoms. The number of benzene rings is 1. The van der Waals surface area contributed by atoms with E-state index in [1.165, 1.54) is 110 Å². The van der Waals surface area contributed by atoms with Crippen LogP contribution in [0.2, 0.25) is 0 Å². The van der Waals surface area contributed by atoms with E-state index in [4.69, 9.17) is 8.53 Å². The molecule has 5 aliphatic rings. The third kappa shape index (κ3) is 8.83. The molecule has 0 spiro atoms. The first-order valence-electron chi connectivity index (χ1n) is 34.7. The Hall–Kier alpha value is -11.7. The Balaban J connectivity index is 0.0000000830. The second-order valence-electron chi connectivity index (χ2n) is 25.4. The van der Waals surface area contributed by atoms with Crippen LogP contribution in [-0.2, 0) is 46.7 Å². The number of aryl methyl sites for hydroxylation is 2. The summed E-state index contributed by atoms with van der Waals surface area (Å²) < 4.78 is 48.3. The van der Waals surface area contributed by atoms with Crippen LogP contribution >= 0.6 is 68.0 Å². The number of fused-ring (bicyclic) bond motifs is 35. The minimum Gasteiger partial charge on any atom is -0.420 e. The minimum absolute atomic E-state index is 0.507. The fourth-order valence-corrected chi connectivity index (χ4v) is 22.8. The molecule has 21 aromatic rings. The zero-order valence-corrected chi connectivity index (χ0v) is 59.0. The van der Waals surface area contributed by atoms with Gasteiger partial charge in [-0.3, -0.25) is 4.57 Å². The first kappa shape index (κ1) is 56.0. The number of hydrogen-bond acceptors (Lipinski definition) is 17. The molecular weight excluding hydrogens is 1400 g/mol. The third-order valence-corrected chi connectivity index (χ3v) is 26.7. The highest BCUT2D eigenvalue weighted by molar-refractivity contribution is 7.42. The van der Waals surface area contributed by atoms with Crippen molar-refractivity contribution in [1.82, 2.24) is 63.5 Å². The Bertz CT molecular complexity index is 7100. The number of pyridine rings is 10. The first-order chi connectivity index (χ1) is 52.1. The monoisotopic (exact) mass is 1450 g/mol. The van der Waals surface area contributed by atoms with Crippen LogP contribution in [0.4, 0.5) is 0 Å². The van der Waals surface area contributed by atoms with Crippen LogP contribution in [0.25, 0.3) is 165 Å². The Labute approximate surface area is 611 Å². The second-order valence-corrected chi connectivity index (χ2v) is 31.5. The predicted octanol–water partition coefficient (Wildman–Crippen LogP) is 14.9. The van der Waals surface area contributed by atoms with Gasteiger partial charge in [-0.05, 0) is 190 Å². The van der Waals surface area contributed by atoms with Crippen molar-refractivity contribution in [2.24, 2.45) is 14.0 Å². The van der Waals surface area contributed by atoms with Crippen molar-refractivity contribution in [2.75, 3.05) is 0 Å². The van der Waals surface area contributed by atoms with Crippen LogP contribution in [0, 0.1) is 0 Å². The molecular formula is C78H51N18OS6+5. The van der Waals surface area contributed by atoms with E-state index in [0.717, 1.165) is 113 Å². The Morgan fingerprint density at radius 2 is 0.728 bits per heavy atom. The number of thiophene rings is 1. The van der Waals surface area contributed by atoms with Crippen LogP contribution in [0.1, 0.15) is 31.9 Å². The number of furan rings is 1. The van der Waals surface area contributed by atoms with Gasteiger partial charge in [0.05, 0.1) is 49.4 Å². The number of para-hydroxylation sites is 1. The van der Waals surface area contributed by atoms with Gasteiger partial charge in [0, 0.05) is 85.8 Å². The van der Waals surface area contributed by atoms with Crippen LogP contribution in [0.15, 0.2) is 218 Å². The molecule has 0 radical (unpaired) electrons. The third-order valence-electron chi connectivity index (χ3n) is 19.7. The highest BCUT2D eigenvalue weighted by Crippen LogP contribution is 2.45. The maximum absolute atomic E-state index is 7.89. The van der Waals surface area contributed by atoms with Gasteiger partial charge in [0.2, 0.25) is 11.2 Å². The van der Waals surface area contributed by atoms with Crippen molar-refractivity contribution >= 4 is 173 Å². The van der Waals surface area contributed by atoms with Gasteiger partial charge in [-0.1, -0.05) is 29.5 Å². The van der Waals surface area contributed by atoms with Gasteiger partial charge in [-0.25, -0.2) is 49.8 Å². The molecule has 20 aromatic heterocycles. The summed E-state index contributed by atoms with van der Waals surface area (Å²) >= 11 is 10.3. The number of hydrogen-bond donors (Lipinski definition) is 0. The van der Waals surface area contributed by atoms with Gasteiger partial charge >= 0.3 is 0 Å². The average Bonchev–Trinajstić information content (AvgIpc) is 1.59. The lowest BCUT2D eigenvalue weighted by Gasteiger charge is -2.03. The molecule has 26 rings (SSSR count). The van der Waals surface area contributed by atoms with E-state index in [-0.39, 0.29) is 0 Å². The van der Waals surface area contributed by atoms with E-state index in [9.17, 15) is 0 Å². The van der Waals surface area contributed by atoms with E-state index in [0.29, 0.717) is 17.9 Å². The van der Waals surface area contributed by atoms with Gasteiger partial charge in [0.1, 0.15) is 21.5 Å². The Morgan fingerprint density at radius 1 is 0.340 bits per heavy atom. The van der Waals surface area contributed by atoms with E-state index >= 15 is 0 Å². The lowest BCUT2D eigenvalue weighted by atomic mass is 10.2. The fraction of sp³-hybridized carbons (Fsp3) is 0.0897. The van der Waals surface area contributed by atoms with E-state index in [1.807, 2.05) is 128 Å². The van der Waals surface area contributed by atoms with E-state index in [2.05, 4.69) is 168 Å². The molecule has 0 bridgehead atoms. The van der Waals surface area contributed by atoms with E-state index < -0.39 is 6.98 Å². The predicted molar refractivity (Wildman–Crippen MR) is 406 cm³/mol. The molecule has 0 fully saturated rings. The Morgan fingerprint density at radius 3 is 1.26 bits per heavy atom. The van der Waals surface area contributed by atoms with Crippen LogP contribution < -0.4 is 22.8 Å². The standard InChI is InChI=1S/C20H13N4S.2C15H11N4S.C14H8N3OS.C14H8N3S2/c1-2-7-14(8-3-1)24-18-15(9-5-11-22-18)17-20(24)25-19-16-13(12-23(17)19)6-4-10-21-16;2*1-18-13-10(5-3-7-17-13)12-15(18)20-14-11-9(8-19(12)14)4-2-6-16-11;2*1-3-8-7-17-11-9-4-2-6-16-12(9)18-14(11)19-13(17)10(8)15-5-1/h1-11H,12H2;2*2-7H,8H2,1H3;2*1-6H,7H2/q5*+1/i;1D3;;;. The molecule has 0 aliphatic carbocycles. The second kappa shape index (κ2) is 22.9. The average molecular weight is 1450 g/mol. The van der Waals surface area contributed by atoms with Crippen molar-refractivity contribution in [2.45, 2.75) is 32.7 Å². The summed E-state index contributed by atoms with van der Waals surface area (Å²) in [4.78, 5) is 50.2. The fourth-order valence-electron chi connectivity index (χ4n) is 15.2. The van der Waals surface area contributed by atoms with Gasteiger partial charge in [-0.15, -0.1) is 0 Å². The molecule has 0 saturated carbocycles. The van der Waals surface area contributed by atoms with Gasteiger partial charge in [-0.2, -0.15) is 22.8 Å². The number of aromatic nitrogens is 18. The lowest BCUT2D eigenvalue weighted by Crippen LogP contribution is -2.30. The molecule has 490 valence electrons. The maximum Gasteiger partial charge on any atom is 0.292 e. The zero-order chi connectivity index (χ0) is 70.2. The molecule has 0 amide bonds. The molecule has 25 heterocycles. The summed E-state index contributed by atoms with van der Waals surface area (Å²) in [6, 6.07) is 51.4. The van der Waals surface area contributed by atoms with Crippen molar-refractivity contribution < 1.29 is 31.4 Å². The summed E-state index contributed by atoms with van der Waals surface area (Å²) in [6.45, 7) is 2.03. The summed E-state index contributed by atoms with van der Waals surface area (Å²) in [5.41, 5.74) is 22.1. The van der Waals surface area contributed by atoms with Gasteiger partial charge in [0.25, 0.3) is 52.0 Å². The molecule has 0 N–H and O–H groups in total. The molecule has 103 heavy (non-hydrogen) atoms. The lowest BCUT2D eigenvalue weighted by molar-refractivity contribution is -0.641. The summed E-state index contributed by atoms with van der Waals surface area (Å²) in [5.74, 6) is 0. The minimum atomic E-state index is -2.26. The molecule has 0 atom stereocenters. The smallest absolute Gasteiger partial charge is 0.292 e. The highest BCUT2D eigenvalue weighted by Gasteiger charge is 2.41. The van der Waals surface area contributed by atoms with Crippen LogP contribution in [0.3, 0.4) is 0 Å². The number of rotatable bonds is 1. The molecule has 19 nitrogen and oxygen atoms in total. The topological polar surface area (TPSA) is 176 Å².